The number of aryl methyl sites for hydroxylation is 1. The first-order valence-corrected chi connectivity index (χ1v) is 5.68. The van der Waals surface area contributed by atoms with Crippen LogP contribution in [0.15, 0.2) is 18.2 Å². The molecule has 1 aromatic carbocycles. The highest BCUT2D eigenvalue weighted by Gasteiger charge is 2.35. The first-order chi connectivity index (χ1) is 7.57. The molecule has 3 nitrogen and oxygen atoms in total. The lowest BCUT2D eigenvalue weighted by Gasteiger charge is -2.37. The average molecular weight is 221 g/mol. The summed E-state index contributed by atoms with van der Waals surface area (Å²) in [6, 6.07) is 6.07. The highest BCUT2D eigenvalue weighted by molar-refractivity contribution is 5.43. The molecule has 1 aromatic rings. The number of nitrogens with two attached hydrogens (primary N) is 1. The van der Waals surface area contributed by atoms with Crippen molar-refractivity contribution in [2.24, 2.45) is 5.73 Å². The Morgan fingerprint density at radius 1 is 1.50 bits per heavy atom. The van der Waals surface area contributed by atoms with E-state index in [0.717, 1.165) is 24.2 Å². The molecule has 0 heterocycles. The zero-order chi connectivity index (χ0) is 11.8. The standard InChI is InChI=1S/C13H19NO2/c1-9(15)13(14)7-6-10-4-3-5-12(16-2)11(10)8-13/h3-5,9,15H,6-8,14H2,1-2H3. The predicted molar refractivity (Wildman–Crippen MR) is 63.6 cm³/mol. The zero-order valence-electron chi connectivity index (χ0n) is 9.86. The molecule has 0 aliphatic heterocycles. The van der Waals surface area contributed by atoms with Crippen LogP contribution in [0.25, 0.3) is 0 Å². The van der Waals surface area contributed by atoms with Gasteiger partial charge in [0.2, 0.25) is 0 Å². The van der Waals surface area contributed by atoms with Crippen molar-refractivity contribution in [3.63, 3.8) is 0 Å². The van der Waals surface area contributed by atoms with Gasteiger partial charge >= 0.3 is 0 Å². The largest absolute Gasteiger partial charge is 0.496 e. The molecule has 16 heavy (non-hydrogen) atoms. The molecule has 0 amide bonds. The monoisotopic (exact) mass is 221 g/mol. The third-order valence-corrected chi connectivity index (χ3v) is 3.65. The highest BCUT2D eigenvalue weighted by atomic mass is 16.5. The Morgan fingerprint density at radius 2 is 2.25 bits per heavy atom. The number of rotatable bonds is 2. The van der Waals surface area contributed by atoms with Gasteiger partial charge in [-0.3, -0.25) is 0 Å². The van der Waals surface area contributed by atoms with Crippen LogP contribution in [0.5, 0.6) is 5.75 Å². The Bertz CT molecular complexity index is 375. The van der Waals surface area contributed by atoms with Crippen LogP contribution in [-0.2, 0) is 12.8 Å². The van der Waals surface area contributed by atoms with Crippen molar-refractivity contribution < 1.29 is 9.84 Å². The second kappa shape index (κ2) is 4.07. The van der Waals surface area contributed by atoms with E-state index in [1.165, 1.54) is 5.56 Å². The van der Waals surface area contributed by atoms with Crippen LogP contribution >= 0.6 is 0 Å². The smallest absolute Gasteiger partial charge is 0.122 e. The number of hydrogen-bond donors (Lipinski definition) is 2. The van der Waals surface area contributed by atoms with E-state index in [1.54, 1.807) is 14.0 Å². The molecule has 0 saturated heterocycles. The molecule has 2 rings (SSSR count). The summed E-state index contributed by atoms with van der Waals surface area (Å²) in [4.78, 5) is 0. The van der Waals surface area contributed by atoms with E-state index in [-0.39, 0.29) is 0 Å². The van der Waals surface area contributed by atoms with Gasteiger partial charge in [0, 0.05) is 5.54 Å². The fraction of sp³-hybridized carbons (Fsp3) is 0.538. The predicted octanol–water partition coefficient (Wildman–Crippen LogP) is 1.26. The molecule has 0 saturated carbocycles. The summed E-state index contributed by atoms with van der Waals surface area (Å²) in [7, 11) is 1.67. The van der Waals surface area contributed by atoms with E-state index in [0.29, 0.717) is 6.42 Å². The molecule has 3 heteroatoms. The molecule has 0 spiro atoms. The Kier molecular flexibility index (Phi) is 2.91. The van der Waals surface area contributed by atoms with Gasteiger partial charge in [-0.1, -0.05) is 12.1 Å². The summed E-state index contributed by atoms with van der Waals surface area (Å²) in [5.74, 6) is 0.882. The Morgan fingerprint density at radius 3 is 2.88 bits per heavy atom. The fourth-order valence-electron chi connectivity index (χ4n) is 2.38. The SMILES string of the molecule is COc1cccc2c1CC(N)(C(C)O)CC2. The Labute approximate surface area is 96.2 Å². The average Bonchev–Trinajstić information content (AvgIpc) is 2.28. The maximum atomic E-state index is 9.76. The molecule has 2 unspecified atom stereocenters. The minimum atomic E-state index is -0.512. The Hall–Kier alpha value is -1.06. The minimum Gasteiger partial charge on any atom is -0.496 e. The highest BCUT2D eigenvalue weighted by Crippen LogP contribution is 2.34. The summed E-state index contributed by atoms with van der Waals surface area (Å²) < 4.78 is 5.35. The van der Waals surface area contributed by atoms with E-state index >= 15 is 0 Å². The van der Waals surface area contributed by atoms with Crippen molar-refractivity contribution >= 4 is 0 Å². The lowest BCUT2D eigenvalue weighted by molar-refractivity contribution is 0.0899. The summed E-state index contributed by atoms with van der Waals surface area (Å²) >= 11 is 0. The van der Waals surface area contributed by atoms with Crippen LogP contribution in [-0.4, -0.2) is 23.9 Å². The van der Waals surface area contributed by atoms with Crippen molar-refractivity contribution in [2.75, 3.05) is 7.11 Å². The lowest BCUT2D eigenvalue weighted by Crippen LogP contribution is -2.53. The second-order valence-corrected chi connectivity index (χ2v) is 4.68. The number of benzene rings is 1. The van der Waals surface area contributed by atoms with Gasteiger partial charge in [0.1, 0.15) is 5.75 Å². The lowest BCUT2D eigenvalue weighted by atomic mass is 9.75. The molecule has 0 aromatic heterocycles. The molecule has 2 atom stereocenters. The van der Waals surface area contributed by atoms with Gasteiger partial charge in [0.25, 0.3) is 0 Å². The van der Waals surface area contributed by atoms with Crippen molar-refractivity contribution in [1.29, 1.82) is 0 Å². The van der Waals surface area contributed by atoms with E-state index in [9.17, 15) is 5.11 Å². The van der Waals surface area contributed by atoms with Crippen molar-refractivity contribution in [3.05, 3.63) is 29.3 Å². The molecule has 3 N–H and O–H groups in total. The van der Waals surface area contributed by atoms with Crippen LogP contribution in [0.1, 0.15) is 24.5 Å². The van der Waals surface area contributed by atoms with Gasteiger partial charge < -0.3 is 15.6 Å². The van der Waals surface area contributed by atoms with Gasteiger partial charge in [0.05, 0.1) is 13.2 Å². The number of methoxy groups -OCH3 is 1. The number of fused-ring (bicyclic) bond motifs is 1. The second-order valence-electron chi connectivity index (χ2n) is 4.68. The molecular formula is C13H19NO2. The first-order valence-electron chi connectivity index (χ1n) is 5.68. The zero-order valence-corrected chi connectivity index (χ0v) is 9.86. The molecular weight excluding hydrogens is 202 g/mol. The van der Waals surface area contributed by atoms with Gasteiger partial charge in [-0.2, -0.15) is 0 Å². The van der Waals surface area contributed by atoms with Crippen LogP contribution in [0.4, 0.5) is 0 Å². The maximum absolute atomic E-state index is 9.76. The van der Waals surface area contributed by atoms with Gasteiger partial charge in [-0.15, -0.1) is 0 Å². The van der Waals surface area contributed by atoms with E-state index in [1.807, 2.05) is 12.1 Å². The molecule has 88 valence electrons. The summed E-state index contributed by atoms with van der Waals surface area (Å²) in [6.45, 7) is 1.76. The minimum absolute atomic E-state index is 0.495. The van der Waals surface area contributed by atoms with Gasteiger partial charge in [0.15, 0.2) is 0 Å². The van der Waals surface area contributed by atoms with Crippen LogP contribution in [0.3, 0.4) is 0 Å². The normalized spacial score (nSPS) is 26.0. The first kappa shape index (κ1) is 11.4. The van der Waals surface area contributed by atoms with Gasteiger partial charge in [-0.05, 0) is 43.4 Å². The van der Waals surface area contributed by atoms with Crippen LogP contribution in [0.2, 0.25) is 0 Å². The topological polar surface area (TPSA) is 55.5 Å². The van der Waals surface area contributed by atoms with Crippen molar-refractivity contribution in [2.45, 2.75) is 37.8 Å². The number of hydrogen-bond acceptors (Lipinski definition) is 3. The molecule has 0 bridgehead atoms. The van der Waals surface area contributed by atoms with Crippen LogP contribution in [0, 0.1) is 0 Å². The van der Waals surface area contributed by atoms with Crippen molar-refractivity contribution in [1.82, 2.24) is 0 Å². The fourth-order valence-corrected chi connectivity index (χ4v) is 2.38. The number of aliphatic hydroxyl groups excluding tert-OH is 1. The third kappa shape index (κ3) is 1.81. The molecule has 1 aliphatic rings. The number of aliphatic hydroxyl groups is 1. The third-order valence-electron chi connectivity index (χ3n) is 3.65. The summed E-state index contributed by atoms with van der Waals surface area (Å²) in [5.41, 5.74) is 8.17. The number of ether oxygens (including phenoxy) is 1. The van der Waals surface area contributed by atoms with Gasteiger partial charge in [-0.25, -0.2) is 0 Å². The van der Waals surface area contributed by atoms with Crippen molar-refractivity contribution in [3.8, 4) is 5.75 Å². The van der Waals surface area contributed by atoms with E-state index in [4.69, 9.17) is 10.5 Å². The van der Waals surface area contributed by atoms with E-state index in [2.05, 4.69) is 6.07 Å². The summed E-state index contributed by atoms with van der Waals surface area (Å²) in [6.07, 6.45) is 1.92. The molecule has 0 radical (unpaired) electrons. The van der Waals surface area contributed by atoms with E-state index < -0.39 is 11.6 Å². The summed E-state index contributed by atoms with van der Waals surface area (Å²) in [5, 5.41) is 9.76. The van der Waals surface area contributed by atoms with Crippen LogP contribution < -0.4 is 10.5 Å². The maximum Gasteiger partial charge on any atom is 0.122 e. The molecule has 0 fully saturated rings. The molecule has 1 aliphatic carbocycles. The quantitative estimate of drug-likeness (QED) is 0.790. The Balaban J connectivity index is 2.38.